The van der Waals surface area contributed by atoms with Gasteiger partial charge in [-0.3, -0.25) is 0 Å². The molecule has 3 heterocycles. The van der Waals surface area contributed by atoms with Gasteiger partial charge in [0.2, 0.25) is 11.8 Å². The summed E-state index contributed by atoms with van der Waals surface area (Å²) in [6.07, 6.45) is 2.07. The highest BCUT2D eigenvalue weighted by Crippen LogP contribution is 2.42. The maximum absolute atomic E-state index is 11.7. The predicted octanol–water partition coefficient (Wildman–Crippen LogP) is 2.83. The summed E-state index contributed by atoms with van der Waals surface area (Å²) in [4.78, 5) is 0. The summed E-state index contributed by atoms with van der Waals surface area (Å²) in [5.41, 5.74) is 0.726. The fourth-order valence-electron chi connectivity index (χ4n) is 3.71. The molecule has 2 aliphatic rings. The molecule has 8 heteroatoms. The van der Waals surface area contributed by atoms with E-state index in [0.717, 1.165) is 22.9 Å². The van der Waals surface area contributed by atoms with Gasteiger partial charge in [-0.25, -0.2) is 8.42 Å². The van der Waals surface area contributed by atoms with Crippen LogP contribution < -0.4 is 0 Å². The first-order valence-corrected chi connectivity index (χ1v) is 11.0. The summed E-state index contributed by atoms with van der Waals surface area (Å²) < 4.78 is 36.1. The van der Waals surface area contributed by atoms with E-state index in [4.69, 9.17) is 9.15 Å². The van der Waals surface area contributed by atoms with Crippen LogP contribution in [-0.4, -0.2) is 43.3 Å². The third kappa shape index (κ3) is 3.27. The molecule has 0 saturated carbocycles. The van der Waals surface area contributed by atoms with Gasteiger partial charge in [-0.15, -0.1) is 10.2 Å². The monoisotopic (exact) mass is 426 g/mol. The van der Waals surface area contributed by atoms with E-state index in [1.807, 2.05) is 12.1 Å². The predicted molar refractivity (Wildman–Crippen MR) is 95.3 cm³/mol. The summed E-state index contributed by atoms with van der Waals surface area (Å²) >= 11 is 3.53. The van der Waals surface area contributed by atoms with Gasteiger partial charge in [0, 0.05) is 17.7 Å². The number of hydrogen-bond acceptors (Lipinski definition) is 6. The number of halogens is 1. The van der Waals surface area contributed by atoms with Gasteiger partial charge >= 0.3 is 0 Å². The average Bonchev–Trinajstić information content (AvgIpc) is 3.22. The molecule has 2 aliphatic heterocycles. The zero-order chi connectivity index (χ0) is 17.5. The maximum atomic E-state index is 11.7. The molecule has 0 bridgehead atoms. The second-order valence-electron chi connectivity index (χ2n) is 6.75. The standard InChI is InChI=1S/C17H19BrN2O4S/c18-14-3-1-2-13(10-14)17(5-7-23-8-6-17)16-20-19-15(24-16)12-4-9-25(21,22)11-12/h1-3,10,12H,4-9,11H2/t12-/m1/s1. The van der Waals surface area contributed by atoms with E-state index in [9.17, 15) is 8.42 Å². The van der Waals surface area contributed by atoms with E-state index in [-0.39, 0.29) is 22.8 Å². The first-order chi connectivity index (χ1) is 12.0. The van der Waals surface area contributed by atoms with Gasteiger partial charge in [0.1, 0.15) is 0 Å². The molecule has 4 rings (SSSR count). The van der Waals surface area contributed by atoms with Crippen LogP contribution in [0, 0.1) is 0 Å². The molecular weight excluding hydrogens is 408 g/mol. The molecule has 1 aromatic heterocycles. The van der Waals surface area contributed by atoms with Crippen LogP contribution in [0.2, 0.25) is 0 Å². The zero-order valence-corrected chi connectivity index (χ0v) is 16.1. The number of benzene rings is 1. The van der Waals surface area contributed by atoms with E-state index in [2.05, 4.69) is 38.3 Å². The zero-order valence-electron chi connectivity index (χ0n) is 13.7. The lowest BCUT2D eigenvalue weighted by atomic mass is 9.74. The fraction of sp³-hybridized carbons (Fsp3) is 0.529. The number of rotatable bonds is 3. The highest BCUT2D eigenvalue weighted by Gasteiger charge is 2.42. The van der Waals surface area contributed by atoms with Crippen LogP contribution in [-0.2, 0) is 20.0 Å². The maximum Gasteiger partial charge on any atom is 0.227 e. The van der Waals surface area contributed by atoms with Crippen molar-refractivity contribution < 1.29 is 17.6 Å². The minimum atomic E-state index is -2.99. The van der Waals surface area contributed by atoms with Crippen molar-refractivity contribution in [2.75, 3.05) is 24.7 Å². The second-order valence-corrected chi connectivity index (χ2v) is 9.89. The van der Waals surface area contributed by atoms with Gasteiger partial charge < -0.3 is 9.15 Å². The Bertz CT molecular complexity index is 874. The number of aromatic nitrogens is 2. The van der Waals surface area contributed by atoms with Gasteiger partial charge in [0.05, 0.1) is 22.8 Å². The third-order valence-electron chi connectivity index (χ3n) is 5.16. The lowest BCUT2D eigenvalue weighted by Gasteiger charge is -2.34. The Morgan fingerprint density at radius 3 is 2.68 bits per heavy atom. The fourth-order valence-corrected chi connectivity index (χ4v) is 5.85. The molecule has 0 aliphatic carbocycles. The minimum Gasteiger partial charge on any atom is -0.424 e. The summed E-state index contributed by atoms with van der Waals surface area (Å²) in [7, 11) is -2.99. The Hall–Kier alpha value is -1.25. The van der Waals surface area contributed by atoms with Crippen LogP contribution in [0.15, 0.2) is 33.2 Å². The van der Waals surface area contributed by atoms with Gasteiger partial charge in [-0.05, 0) is 37.0 Å². The quantitative estimate of drug-likeness (QED) is 0.750. The molecule has 25 heavy (non-hydrogen) atoms. The molecule has 0 spiro atoms. The molecule has 1 atom stereocenters. The number of hydrogen-bond donors (Lipinski definition) is 0. The molecule has 6 nitrogen and oxygen atoms in total. The van der Waals surface area contributed by atoms with Crippen molar-refractivity contribution in [3.8, 4) is 0 Å². The van der Waals surface area contributed by atoms with E-state index >= 15 is 0 Å². The number of sulfone groups is 1. The van der Waals surface area contributed by atoms with E-state index in [1.165, 1.54) is 0 Å². The smallest absolute Gasteiger partial charge is 0.227 e. The molecule has 1 aromatic carbocycles. The highest BCUT2D eigenvalue weighted by atomic mass is 79.9. The summed E-state index contributed by atoms with van der Waals surface area (Å²) in [5.74, 6) is 1.11. The van der Waals surface area contributed by atoms with Gasteiger partial charge in [0.15, 0.2) is 9.84 Å². The van der Waals surface area contributed by atoms with Crippen molar-refractivity contribution in [1.82, 2.24) is 10.2 Å². The van der Waals surface area contributed by atoms with Crippen molar-refractivity contribution in [3.05, 3.63) is 46.1 Å². The molecule has 2 saturated heterocycles. The first-order valence-electron chi connectivity index (χ1n) is 8.37. The van der Waals surface area contributed by atoms with Gasteiger partial charge in [-0.1, -0.05) is 28.1 Å². The molecule has 0 amide bonds. The van der Waals surface area contributed by atoms with Crippen molar-refractivity contribution in [1.29, 1.82) is 0 Å². The summed E-state index contributed by atoms with van der Waals surface area (Å²) in [6, 6.07) is 8.13. The first kappa shape index (κ1) is 17.2. The number of nitrogens with zero attached hydrogens (tertiary/aromatic N) is 2. The molecule has 0 radical (unpaired) electrons. The van der Waals surface area contributed by atoms with Crippen LogP contribution in [0.5, 0.6) is 0 Å². The lowest BCUT2D eigenvalue weighted by Crippen LogP contribution is -2.35. The lowest BCUT2D eigenvalue weighted by molar-refractivity contribution is 0.0539. The van der Waals surface area contributed by atoms with Gasteiger partial charge in [-0.2, -0.15) is 0 Å². The van der Waals surface area contributed by atoms with E-state index in [1.54, 1.807) is 0 Å². The minimum absolute atomic E-state index is 0.0988. The SMILES string of the molecule is O=S1(=O)CC[C@@H](c2nnc(C3(c4cccc(Br)c4)CCOCC3)o2)C1. The number of ether oxygens (including phenoxy) is 1. The van der Waals surface area contributed by atoms with Gasteiger partial charge in [0.25, 0.3) is 0 Å². The molecule has 0 N–H and O–H groups in total. The summed E-state index contributed by atoms with van der Waals surface area (Å²) in [6.45, 7) is 1.25. The van der Waals surface area contributed by atoms with E-state index in [0.29, 0.717) is 31.4 Å². The van der Waals surface area contributed by atoms with E-state index < -0.39 is 9.84 Å². The van der Waals surface area contributed by atoms with Crippen LogP contribution in [0.4, 0.5) is 0 Å². The molecule has 2 fully saturated rings. The Morgan fingerprint density at radius 2 is 2.00 bits per heavy atom. The third-order valence-corrected chi connectivity index (χ3v) is 7.42. The molecule has 0 unspecified atom stereocenters. The second kappa shape index (κ2) is 6.48. The molecule has 134 valence electrons. The topological polar surface area (TPSA) is 82.3 Å². The highest BCUT2D eigenvalue weighted by molar-refractivity contribution is 9.10. The average molecular weight is 427 g/mol. The Balaban J connectivity index is 1.72. The van der Waals surface area contributed by atoms with Crippen LogP contribution in [0.25, 0.3) is 0 Å². The van der Waals surface area contributed by atoms with Crippen molar-refractivity contribution in [2.45, 2.75) is 30.6 Å². The largest absolute Gasteiger partial charge is 0.424 e. The Morgan fingerprint density at radius 1 is 1.20 bits per heavy atom. The van der Waals surface area contributed by atoms with Crippen molar-refractivity contribution >= 4 is 25.8 Å². The molecular formula is C17H19BrN2O4S. The normalized spacial score (nSPS) is 25.1. The van der Waals surface area contributed by atoms with Crippen molar-refractivity contribution in [2.24, 2.45) is 0 Å². The Labute approximate surface area is 155 Å². The summed E-state index contributed by atoms with van der Waals surface area (Å²) in [5, 5.41) is 8.53. The Kier molecular flexibility index (Phi) is 4.45. The van der Waals surface area contributed by atoms with Crippen LogP contribution in [0.3, 0.4) is 0 Å². The molecule has 2 aromatic rings. The van der Waals surface area contributed by atoms with Crippen molar-refractivity contribution in [3.63, 3.8) is 0 Å². The van der Waals surface area contributed by atoms with Crippen LogP contribution in [0.1, 0.15) is 42.5 Å². The van der Waals surface area contributed by atoms with Crippen LogP contribution >= 0.6 is 15.9 Å².